The van der Waals surface area contributed by atoms with Gasteiger partial charge in [0, 0.05) is 19.8 Å². The van der Waals surface area contributed by atoms with E-state index >= 15 is 0 Å². The zero-order chi connectivity index (χ0) is 25.2. The van der Waals surface area contributed by atoms with Gasteiger partial charge >= 0.3 is 0 Å². The predicted molar refractivity (Wildman–Crippen MR) is 139 cm³/mol. The Balaban J connectivity index is 1.49. The van der Waals surface area contributed by atoms with Gasteiger partial charge in [0.25, 0.3) is 5.91 Å². The summed E-state index contributed by atoms with van der Waals surface area (Å²) in [5.74, 6) is 7.56. The van der Waals surface area contributed by atoms with Gasteiger partial charge in [-0.25, -0.2) is 10.1 Å². The lowest BCUT2D eigenvalue weighted by molar-refractivity contribution is -0.118. The molecule has 2 aromatic carbocycles. The van der Waals surface area contributed by atoms with Gasteiger partial charge < -0.3 is 20.2 Å². The smallest absolute Gasteiger partial charge is 0.250 e. The van der Waals surface area contributed by atoms with Crippen molar-refractivity contribution in [3.63, 3.8) is 0 Å². The number of benzene rings is 2. The number of carbonyl (C=O) groups is 1. The lowest BCUT2D eigenvalue weighted by Gasteiger charge is -2.12. The average Bonchev–Trinajstić information content (AvgIpc) is 3.21. The number of aryl methyl sites for hydroxylation is 1. The van der Waals surface area contributed by atoms with Gasteiger partial charge in [-0.05, 0) is 41.8 Å². The van der Waals surface area contributed by atoms with Gasteiger partial charge in [0.1, 0.15) is 6.61 Å². The van der Waals surface area contributed by atoms with E-state index in [1.54, 1.807) is 13.3 Å². The van der Waals surface area contributed by atoms with Crippen LogP contribution in [0.5, 0.6) is 11.5 Å². The molecule has 0 fully saturated rings. The molecule has 0 atom stereocenters. The highest BCUT2D eigenvalue weighted by Gasteiger charge is 2.14. The van der Waals surface area contributed by atoms with Crippen molar-refractivity contribution in [2.24, 2.45) is 5.10 Å². The van der Waals surface area contributed by atoms with Crippen molar-refractivity contribution in [1.29, 1.82) is 0 Å². The number of carbonyl (C=O) groups excluding carboxylic acids is 1. The SMILES string of the molecule is CCCc1ccc(OCc2nnc(SCC(=O)N/N=C/c3ccc(N(C)C)cc3)n2N)c(OC)c1. The number of aromatic nitrogens is 3. The fraction of sp³-hybridized carbons (Fsp3) is 0.333. The highest BCUT2D eigenvalue weighted by Crippen LogP contribution is 2.29. The van der Waals surface area contributed by atoms with E-state index in [1.807, 2.05) is 61.5 Å². The van der Waals surface area contributed by atoms with Gasteiger partial charge in [0.2, 0.25) is 5.16 Å². The summed E-state index contributed by atoms with van der Waals surface area (Å²) in [7, 11) is 5.55. The Morgan fingerprint density at radius 2 is 1.97 bits per heavy atom. The number of nitrogens with two attached hydrogens (primary N) is 1. The summed E-state index contributed by atoms with van der Waals surface area (Å²) in [5.41, 5.74) is 5.65. The fourth-order valence-corrected chi connectivity index (χ4v) is 3.79. The first kappa shape index (κ1) is 25.9. The van der Waals surface area contributed by atoms with Crippen LogP contribution in [-0.2, 0) is 17.8 Å². The van der Waals surface area contributed by atoms with E-state index in [2.05, 4.69) is 27.6 Å². The van der Waals surface area contributed by atoms with Crippen LogP contribution in [0.15, 0.2) is 52.7 Å². The first-order valence-electron chi connectivity index (χ1n) is 11.1. The Bertz CT molecular complexity index is 1150. The van der Waals surface area contributed by atoms with E-state index in [4.69, 9.17) is 15.3 Å². The number of ether oxygens (including phenoxy) is 2. The van der Waals surface area contributed by atoms with Crippen LogP contribution in [-0.4, -0.2) is 54.0 Å². The lowest BCUT2D eigenvalue weighted by atomic mass is 10.1. The van der Waals surface area contributed by atoms with Crippen molar-refractivity contribution in [2.45, 2.75) is 31.5 Å². The molecule has 0 radical (unpaired) electrons. The average molecular weight is 498 g/mol. The first-order chi connectivity index (χ1) is 16.9. The normalized spacial score (nSPS) is 11.0. The number of hydrogen-bond acceptors (Lipinski definition) is 9. The highest BCUT2D eigenvalue weighted by atomic mass is 32.2. The summed E-state index contributed by atoms with van der Waals surface area (Å²) >= 11 is 1.16. The van der Waals surface area contributed by atoms with Gasteiger partial charge in [0.15, 0.2) is 17.3 Å². The summed E-state index contributed by atoms with van der Waals surface area (Å²) < 4.78 is 12.6. The summed E-state index contributed by atoms with van der Waals surface area (Å²) in [6.07, 6.45) is 3.61. The first-order valence-corrected chi connectivity index (χ1v) is 12.1. The van der Waals surface area contributed by atoms with E-state index < -0.39 is 0 Å². The number of thioether (sulfide) groups is 1. The van der Waals surface area contributed by atoms with E-state index in [-0.39, 0.29) is 18.3 Å². The topological polar surface area (TPSA) is 120 Å². The highest BCUT2D eigenvalue weighted by molar-refractivity contribution is 7.99. The van der Waals surface area contributed by atoms with Gasteiger partial charge in [0.05, 0.1) is 19.1 Å². The van der Waals surface area contributed by atoms with Crippen LogP contribution in [0, 0.1) is 0 Å². The molecule has 11 heteroatoms. The lowest BCUT2D eigenvalue weighted by Crippen LogP contribution is -2.21. The molecule has 0 saturated heterocycles. The number of anilines is 1. The Labute approximate surface area is 209 Å². The third kappa shape index (κ3) is 7.38. The molecule has 1 aromatic heterocycles. The molecule has 0 unspecified atom stereocenters. The molecular formula is C24H31N7O3S. The van der Waals surface area contributed by atoms with E-state index in [0.717, 1.165) is 35.9 Å². The molecule has 35 heavy (non-hydrogen) atoms. The van der Waals surface area contributed by atoms with Crippen molar-refractivity contribution < 1.29 is 14.3 Å². The molecule has 186 valence electrons. The molecular weight excluding hydrogens is 466 g/mol. The quantitative estimate of drug-likeness (QED) is 0.170. The van der Waals surface area contributed by atoms with E-state index in [0.29, 0.717) is 22.5 Å². The van der Waals surface area contributed by atoms with Crippen LogP contribution in [0.1, 0.15) is 30.3 Å². The zero-order valence-corrected chi connectivity index (χ0v) is 21.2. The van der Waals surface area contributed by atoms with Crippen molar-refractivity contribution in [1.82, 2.24) is 20.3 Å². The Morgan fingerprint density at radius 3 is 2.66 bits per heavy atom. The molecule has 0 spiro atoms. The van der Waals surface area contributed by atoms with Gasteiger partial charge in [-0.3, -0.25) is 4.79 Å². The zero-order valence-electron chi connectivity index (χ0n) is 20.4. The Hall–Kier alpha value is -3.73. The number of nitrogens with zero attached hydrogens (tertiary/aromatic N) is 5. The number of nitrogen functional groups attached to an aromatic ring is 1. The second-order valence-corrected chi connectivity index (χ2v) is 8.80. The standard InChI is InChI=1S/C24H31N7O3S/c1-5-6-17-9-12-20(21(13-17)33-4)34-15-22-27-29-24(31(22)25)35-16-23(32)28-26-14-18-7-10-19(11-8-18)30(2)3/h7-14H,5-6,15-16,25H2,1-4H3,(H,28,32)/b26-14+. The number of hydrazone groups is 1. The summed E-state index contributed by atoms with van der Waals surface area (Å²) in [6.45, 7) is 2.24. The fourth-order valence-electron chi connectivity index (χ4n) is 3.12. The van der Waals surface area contributed by atoms with Crippen LogP contribution in [0.2, 0.25) is 0 Å². The van der Waals surface area contributed by atoms with Crippen LogP contribution in [0.3, 0.4) is 0 Å². The maximum Gasteiger partial charge on any atom is 0.250 e. The van der Waals surface area contributed by atoms with E-state index in [1.165, 1.54) is 10.2 Å². The minimum atomic E-state index is -0.283. The molecule has 0 aliphatic heterocycles. The number of rotatable bonds is 12. The van der Waals surface area contributed by atoms with Crippen molar-refractivity contribution in [3.05, 3.63) is 59.4 Å². The Morgan fingerprint density at radius 1 is 1.20 bits per heavy atom. The van der Waals surface area contributed by atoms with Crippen molar-refractivity contribution in [2.75, 3.05) is 37.7 Å². The summed E-state index contributed by atoms with van der Waals surface area (Å²) in [5, 5.41) is 12.5. The monoisotopic (exact) mass is 497 g/mol. The predicted octanol–water partition coefficient (Wildman–Crippen LogP) is 2.84. The summed E-state index contributed by atoms with van der Waals surface area (Å²) in [4.78, 5) is 14.1. The Kier molecular flexibility index (Phi) is 9.36. The summed E-state index contributed by atoms with van der Waals surface area (Å²) in [6, 6.07) is 13.7. The van der Waals surface area contributed by atoms with Crippen LogP contribution in [0.25, 0.3) is 0 Å². The molecule has 0 saturated carbocycles. The minimum Gasteiger partial charge on any atom is -0.493 e. The molecule has 0 aliphatic rings. The third-order valence-corrected chi connectivity index (χ3v) is 5.95. The molecule has 0 aliphatic carbocycles. The van der Waals surface area contributed by atoms with Gasteiger partial charge in [-0.1, -0.05) is 43.3 Å². The largest absolute Gasteiger partial charge is 0.493 e. The molecule has 3 aromatic rings. The second kappa shape index (κ2) is 12.7. The van der Waals surface area contributed by atoms with Gasteiger partial charge in [-0.15, -0.1) is 10.2 Å². The molecule has 1 heterocycles. The number of hydrogen-bond donors (Lipinski definition) is 2. The molecule has 0 bridgehead atoms. The van der Waals surface area contributed by atoms with Crippen molar-refractivity contribution >= 4 is 29.6 Å². The molecule has 3 rings (SSSR count). The number of amides is 1. The molecule has 1 amide bonds. The van der Waals surface area contributed by atoms with Crippen LogP contribution in [0.4, 0.5) is 5.69 Å². The minimum absolute atomic E-state index is 0.0831. The van der Waals surface area contributed by atoms with Crippen LogP contribution < -0.4 is 25.6 Å². The number of methoxy groups -OCH3 is 1. The molecule has 3 N–H and O–H groups in total. The second-order valence-electron chi connectivity index (χ2n) is 7.86. The van der Waals surface area contributed by atoms with Gasteiger partial charge in [-0.2, -0.15) is 5.10 Å². The number of nitrogens with one attached hydrogen (secondary N) is 1. The molecule has 10 nitrogen and oxygen atoms in total. The van der Waals surface area contributed by atoms with Crippen LogP contribution >= 0.6 is 11.8 Å². The van der Waals surface area contributed by atoms with Crippen molar-refractivity contribution in [3.8, 4) is 11.5 Å². The maximum atomic E-state index is 12.1. The third-order valence-electron chi connectivity index (χ3n) is 5.00. The van der Waals surface area contributed by atoms with E-state index in [9.17, 15) is 4.79 Å². The maximum absolute atomic E-state index is 12.1.